The highest BCUT2D eigenvalue weighted by atomic mass is 19.1. The third-order valence-electron chi connectivity index (χ3n) is 14.2. The predicted octanol–water partition coefficient (Wildman–Crippen LogP) is 11.7. The number of rotatable bonds is 29. The number of methoxy groups -OCH3 is 2. The third kappa shape index (κ3) is 13.5. The number of carbonyl (C=O) groups excluding carboxylic acids is 2. The largest absolute Gasteiger partial charge is 0.497 e. The molecule has 1 fully saturated rings. The van der Waals surface area contributed by atoms with Crippen LogP contribution in [0.3, 0.4) is 0 Å². The molecular weight excluding hydrogens is 894 g/mol. The van der Waals surface area contributed by atoms with Gasteiger partial charge in [0.25, 0.3) is 0 Å². The first kappa shape index (κ1) is 53.9. The smallest absolute Gasteiger partial charge is 0.417 e. The van der Waals surface area contributed by atoms with Crippen LogP contribution in [0, 0.1) is 23.6 Å². The fraction of sp³-hybridized carbons (Fsp3) is 0.554. The summed E-state index contributed by atoms with van der Waals surface area (Å²) in [5.41, 5.74) is 3.49. The van der Waals surface area contributed by atoms with Crippen molar-refractivity contribution in [2.24, 2.45) is 22.9 Å². The van der Waals surface area contributed by atoms with Crippen LogP contribution in [0.5, 0.6) is 23.0 Å². The van der Waals surface area contributed by atoms with Crippen LogP contribution in [0.15, 0.2) is 90.1 Å². The zero-order valence-electron chi connectivity index (χ0n) is 41.8. The highest BCUT2D eigenvalue weighted by Crippen LogP contribution is 2.62. The molecule has 14 heteroatoms. The number of amides is 2. The Morgan fingerprint density at radius 2 is 1.57 bits per heavy atom. The summed E-state index contributed by atoms with van der Waals surface area (Å²) in [6.45, 7) is 6.64. The Hall–Kier alpha value is -5.44. The van der Waals surface area contributed by atoms with Crippen LogP contribution in [0.25, 0.3) is 0 Å². The van der Waals surface area contributed by atoms with Gasteiger partial charge in [0.15, 0.2) is 0 Å². The molecule has 70 heavy (non-hydrogen) atoms. The minimum atomic E-state index is -1.49. The van der Waals surface area contributed by atoms with E-state index in [-0.39, 0.29) is 68.0 Å². The molecule has 0 aromatic heterocycles. The van der Waals surface area contributed by atoms with Crippen LogP contribution in [0.4, 0.5) is 14.9 Å². The van der Waals surface area contributed by atoms with Crippen molar-refractivity contribution in [2.75, 3.05) is 46.5 Å². The summed E-state index contributed by atoms with van der Waals surface area (Å²) in [7, 11) is 4.57. The lowest BCUT2D eigenvalue weighted by Crippen LogP contribution is -2.70. The van der Waals surface area contributed by atoms with Crippen molar-refractivity contribution in [1.29, 1.82) is 0 Å². The van der Waals surface area contributed by atoms with Crippen molar-refractivity contribution in [1.82, 2.24) is 4.90 Å². The molecule has 6 rings (SSSR count). The first-order chi connectivity index (χ1) is 34.1. The molecule has 0 unspecified atom stereocenters. The van der Waals surface area contributed by atoms with Gasteiger partial charge in [0.1, 0.15) is 42.0 Å². The summed E-state index contributed by atoms with van der Waals surface area (Å²) in [6, 6.07) is 15.9. The molecule has 3 N–H and O–H groups in total. The molecule has 1 aliphatic heterocycles. The summed E-state index contributed by atoms with van der Waals surface area (Å²) in [4.78, 5) is 36.2. The molecule has 1 heterocycles. The number of aliphatic hydroxyl groups is 2. The molecule has 0 radical (unpaired) electrons. The van der Waals surface area contributed by atoms with Gasteiger partial charge in [-0.15, -0.1) is 6.58 Å². The molecule has 3 aromatic carbocycles. The second-order valence-corrected chi connectivity index (χ2v) is 18.8. The molecule has 1 saturated carbocycles. The van der Waals surface area contributed by atoms with Gasteiger partial charge in [0.05, 0.1) is 38.1 Å². The highest BCUT2D eigenvalue weighted by molar-refractivity contribution is 6.03. The molecule has 0 spiro atoms. The minimum Gasteiger partial charge on any atom is -0.497 e. The number of aliphatic hydroxyl groups excluding tert-OH is 2. The number of hydrogen-bond donors (Lipinski definition) is 3. The average Bonchev–Trinajstić information content (AvgIpc) is 3.36. The fourth-order valence-corrected chi connectivity index (χ4v) is 10.9. The number of benzene rings is 3. The van der Waals surface area contributed by atoms with Gasteiger partial charge in [0.2, 0.25) is 11.7 Å². The van der Waals surface area contributed by atoms with E-state index in [1.807, 2.05) is 11.0 Å². The van der Waals surface area contributed by atoms with E-state index in [0.717, 1.165) is 61.6 Å². The van der Waals surface area contributed by atoms with Gasteiger partial charge in [-0.2, -0.15) is 0 Å². The van der Waals surface area contributed by atoms with Gasteiger partial charge in [0, 0.05) is 50.1 Å². The van der Waals surface area contributed by atoms with Crippen LogP contribution in [0.2, 0.25) is 0 Å². The van der Waals surface area contributed by atoms with Gasteiger partial charge in [-0.3, -0.25) is 10.1 Å². The number of allylic oxidation sites excluding steroid dienone is 1. The number of ether oxygens (including phenoxy) is 5. The van der Waals surface area contributed by atoms with Crippen molar-refractivity contribution >= 4 is 23.4 Å². The molecular formula is C56H76FN3O10. The SMILES string of the molecule is C=CCO[C@@]12Oc3ccc(OC(=O)Nc4ccc(OC)cc4OC)cc3[C@H]3[C@H](CCCCO)[C@@H](CCCCO)C=C(C(=NOC)C[C@@H]1N(Cc1ccc(F)cc1)C(=O)CCCCCCCCCCC)[C@H]32. The lowest BCUT2D eigenvalue weighted by molar-refractivity contribution is -0.258. The normalized spacial score (nSPS) is 21.7. The second kappa shape index (κ2) is 27.2. The van der Waals surface area contributed by atoms with Gasteiger partial charge < -0.3 is 43.6 Å². The van der Waals surface area contributed by atoms with Crippen LogP contribution in [-0.2, 0) is 20.9 Å². The third-order valence-corrected chi connectivity index (χ3v) is 14.2. The topological polar surface area (TPSA) is 158 Å². The fourth-order valence-electron chi connectivity index (χ4n) is 10.9. The van der Waals surface area contributed by atoms with Crippen LogP contribution in [-0.4, -0.2) is 85.8 Å². The molecule has 2 amide bonds. The van der Waals surface area contributed by atoms with Gasteiger partial charge >= 0.3 is 6.09 Å². The van der Waals surface area contributed by atoms with Crippen LogP contribution in [0.1, 0.15) is 133 Å². The molecule has 0 bridgehead atoms. The summed E-state index contributed by atoms with van der Waals surface area (Å²) in [5, 5.41) is 27.5. The highest BCUT2D eigenvalue weighted by Gasteiger charge is 2.65. The monoisotopic (exact) mass is 970 g/mol. The van der Waals surface area contributed by atoms with E-state index in [2.05, 4.69) is 24.9 Å². The van der Waals surface area contributed by atoms with E-state index >= 15 is 4.79 Å². The maximum absolute atomic E-state index is 15.1. The van der Waals surface area contributed by atoms with E-state index in [4.69, 9.17) is 33.7 Å². The van der Waals surface area contributed by atoms with E-state index < -0.39 is 23.8 Å². The lowest BCUT2D eigenvalue weighted by Gasteiger charge is -2.60. The van der Waals surface area contributed by atoms with Gasteiger partial charge in [-0.25, -0.2) is 9.18 Å². The molecule has 3 aromatic rings. The van der Waals surface area contributed by atoms with Crippen LogP contribution >= 0.6 is 0 Å². The summed E-state index contributed by atoms with van der Waals surface area (Å²) in [6.07, 6.45) is 18.0. The molecule has 0 saturated heterocycles. The number of anilines is 1. The van der Waals surface area contributed by atoms with Crippen molar-refractivity contribution in [2.45, 2.75) is 140 Å². The Morgan fingerprint density at radius 1 is 0.871 bits per heavy atom. The molecule has 2 aliphatic carbocycles. The van der Waals surface area contributed by atoms with E-state index in [1.54, 1.807) is 55.7 Å². The number of unbranched alkanes of at least 4 members (excludes halogenated alkanes) is 10. The number of halogens is 1. The van der Waals surface area contributed by atoms with Crippen molar-refractivity contribution in [3.8, 4) is 23.0 Å². The maximum Gasteiger partial charge on any atom is 0.417 e. The Kier molecular flexibility index (Phi) is 21.0. The Morgan fingerprint density at radius 3 is 2.24 bits per heavy atom. The van der Waals surface area contributed by atoms with E-state index in [0.29, 0.717) is 54.3 Å². The Balaban J connectivity index is 1.46. The molecule has 382 valence electrons. The predicted molar refractivity (Wildman–Crippen MR) is 270 cm³/mol. The molecule has 6 atom stereocenters. The summed E-state index contributed by atoms with van der Waals surface area (Å²) >= 11 is 0. The number of nitrogens with zero attached hydrogens (tertiary/aromatic N) is 2. The van der Waals surface area contributed by atoms with Crippen molar-refractivity contribution in [3.05, 3.63) is 102 Å². The van der Waals surface area contributed by atoms with E-state index in [1.165, 1.54) is 58.5 Å². The Labute approximate surface area is 414 Å². The number of hydrogen-bond acceptors (Lipinski definition) is 11. The summed E-state index contributed by atoms with van der Waals surface area (Å²) < 4.78 is 45.8. The minimum absolute atomic E-state index is 0.00200. The van der Waals surface area contributed by atoms with Gasteiger partial charge in [-0.1, -0.05) is 101 Å². The maximum atomic E-state index is 15.1. The first-order valence-electron chi connectivity index (χ1n) is 25.5. The number of carbonyl (C=O) groups is 2. The van der Waals surface area contributed by atoms with Crippen LogP contribution < -0.4 is 24.3 Å². The number of nitrogens with one attached hydrogen (secondary N) is 1. The lowest BCUT2D eigenvalue weighted by atomic mass is 9.55. The number of fused-ring (bicyclic) bond motifs is 2. The Bertz CT molecular complexity index is 2220. The zero-order valence-corrected chi connectivity index (χ0v) is 41.8. The average molecular weight is 970 g/mol. The van der Waals surface area contributed by atoms with E-state index in [9.17, 15) is 19.4 Å². The summed E-state index contributed by atoms with van der Waals surface area (Å²) in [5.74, 6) is -1.14. The molecule has 3 aliphatic rings. The van der Waals surface area contributed by atoms with Crippen molar-refractivity contribution < 1.29 is 52.7 Å². The van der Waals surface area contributed by atoms with Gasteiger partial charge in [-0.05, 0) is 97.5 Å². The second-order valence-electron chi connectivity index (χ2n) is 18.8. The first-order valence-corrected chi connectivity index (χ1v) is 25.5. The zero-order chi connectivity index (χ0) is 49.9. The quantitative estimate of drug-likeness (QED) is 0.0347. The number of oxime groups is 1. The van der Waals surface area contributed by atoms with Crippen molar-refractivity contribution in [3.63, 3.8) is 0 Å². The standard InChI is InChI=1S/C56H76FN3O10/c1-6-8-9-10-11-12-13-14-15-22-52(63)60(38-39-23-25-41(57)26-24-39)51-37-48(59-67-5)45-34-40(20-16-18-31-61)44(21-17-19-32-62)53-46-35-43(28-30-49(46)70-56(51,54(45)53)68-33-7-2)69-55(64)58-47-29-27-42(65-3)36-50(47)66-4/h7,23-30,34-36,40,44,51,53-54,61-62H,2,6,8-22,31-33,37-38H2,1,3-5H3,(H,58,64)/t40-,44+,51-,53+,54+,56+/m0/s1. The molecule has 13 nitrogen and oxygen atoms in total.